The lowest BCUT2D eigenvalue weighted by molar-refractivity contribution is 0.0173. The molecule has 1 aliphatic rings. The molecule has 0 saturated carbocycles. The molecule has 1 aliphatic heterocycles. The first-order valence-corrected chi connectivity index (χ1v) is 7.75. The van der Waals surface area contributed by atoms with Gasteiger partial charge in [0.1, 0.15) is 5.82 Å². The number of nitrogens with two attached hydrogens (primary N) is 1. The smallest absolute Gasteiger partial charge is 0.129 e. The molecule has 0 radical (unpaired) electrons. The van der Waals surface area contributed by atoms with Crippen LogP contribution < -0.4 is 5.73 Å². The Hall–Kier alpha value is -0.490. The van der Waals surface area contributed by atoms with Gasteiger partial charge in [-0.25, -0.2) is 4.39 Å². The van der Waals surface area contributed by atoms with Gasteiger partial charge in [-0.3, -0.25) is 9.80 Å². The maximum Gasteiger partial charge on any atom is 0.129 e. The minimum Gasteiger partial charge on any atom is -0.329 e. The molecule has 3 nitrogen and oxygen atoms in total. The summed E-state index contributed by atoms with van der Waals surface area (Å²) < 4.78 is 14.9. The van der Waals surface area contributed by atoms with Gasteiger partial charge in [-0.05, 0) is 33.0 Å². The summed E-state index contributed by atoms with van der Waals surface area (Å²) in [6, 6.07) is 5.17. The quantitative estimate of drug-likeness (QED) is 0.915. The van der Waals surface area contributed by atoms with Crippen molar-refractivity contribution in [2.45, 2.75) is 25.4 Å². The predicted molar refractivity (Wildman–Crippen MR) is 84.2 cm³/mol. The van der Waals surface area contributed by atoms with E-state index < -0.39 is 0 Å². The minimum atomic E-state index is -0.188. The molecule has 1 unspecified atom stereocenters. The molecule has 1 atom stereocenters. The standard InChI is InChI=1S/C15H23BrFN3/c1-15(2)10-20(7-6-19(15)3)14(9-18)12-5-4-11(16)8-13(12)17/h4-5,8,14H,6-7,9-10,18H2,1-3H3. The van der Waals surface area contributed by atoms with Crippen molar-refractivity contribution in [3.05, 3.63) is 34.1 Å². The molecule has 5 heteroatoms. The minimum absolute atomic E-state index is 0.0592. The monoisotopic (exact) mass is 343 g/mol. The molecular weight excluding hydrogens is 321 g/mol. The fourth-order valence-electron chi connectivity index (χ4n) is 2.79. The molecule has 0 aliphatic carbocycles. The van der Waals surface area contributed by atoms with E-state index in [9.17, 15) is 4.39 Å². The Morgan fingerprint density at radius 3 is 2.65 bits per heavy atom. The lowest BCUT2D eigenvalue weighted by Crippen LogP contribution is -2.58. The molecule has 1 saturated heterocycles. The Morgan fingerprint density at radius 1 is 1.40 bits per heavy atom. The van der Waals surface area contributed by atoms with Crippen molar-refractivity contribution in [1.82, 2.24) is 9.80 Å². The average molecular weight is 344 g/mol. The average Bonchev–Trinajstić information content (AvgIpc) is 2.36. The van der Waals surface area contributed by atoms with Crippen LogP contribution in [0.1, 0.15) is 25.5 Å². The number of likely N-dealkylation sites (N-methyl/N-ethyl adjacent to an activating group) is 1. The van der Waals surface area contributed by atoms with Crippen molar-refractivity contribution in [2.75, 3.05) is 33.2 Å². The first-order valence-electron chi connectivity index (χ1n) is 6.95. The Morgan fingerprint density at radius 2 is 2.10 bits per heavy atom. The zero-order chi connectivity index (χ0) is 14.9. The first-order chi connectivity index (χ1) is 9.35. The summed E-state index contributed by atoms with van der Waals surface area (Å²) >= 11 is 3.30. The van der Waals surface area contributed by atoms with Crippen molar-refractivity contribution in [3.63, 3.8) is 0 Å². The summed E-state index contributed by atoms with van der Waals surface area (Å²) in [5.74, 6) is -0.188. The molecule has 1 fully saturated rings. The molecule has 0 bridgehead atoms. The van der Waals surface area contributed by atoms with Crippen LogP contribution in [0, 0.1) is 5.82 Å². The predicted octanol–water partition coefficient (Wildman–Crippen LogP) is 2.61. The highest BCUT2D eigenvalue weighted by Gasteiger charge is 2.34. The lowest BCUT2D eigenvalue weighted by Gasteiger charge is -2.48. The van der Waals surface area contributed by atoms with Crippen molar-refractivity contribution < 1.29 is 4.39 Å². The second-order valence-electron chi connectivity index (χ2n) is 6.12. The number of hydrogen-bond donors (Lipinski definition) is 1. The summed E-state index contributed by atoms with van der Waals surface area (Å²) in [5.41, 5.74) is 6.70. The van der Waals surface area contributed by atoms with Gasteiger partial charge in [0, 0.05) is 41.8 Å². The van der Waals surface area contributed by atoms with E-state index in [4.69, 9.17) is 5.73 Å². The number of piperazine rings is 1. The van der Waals surface area contributed by atoms with Gasteiger partial charge in [0.25, 0.3) is 0 Å². The first kappa shape index (κ1) is 15.9. The van der Waals surface area contributed by atoms with Crippen LogP contribution in [-0.4, -0.2) is 48.6 Å². The summed E-state index contributed by atoms with van der Waals surface area (Å²) in [6.07, 6.45) is 0. The summed E-state index contributed by atoms with van der Waals surface area (Å²) in [6.45, 7) is 7.63. The molecular formula is C15H23BrFN3. The Bertz CT molecular complexity index is 478. The van der Waals surface area contributed by atoms with E-state index in [1.165, 1.54) is 6.07 Å². The van der Waals surface area contributed by atoms with Gasteiger partial charge in [-0.2, -0.15) is 0 Å². The van der Waals surface area contributed by atoms with E-state index in [0.29, 0.717) is 12.1 Å². The van der Waals surface area contributed by atoms with E-state index in [1.54, 1.807) is 0 Å². The van der Waals surface area contributed by atoms with Crippen LogP contribution in [0.2, 0.25) is 0 Å². The maximum absolute atomic E-state index is 14.2. The van der Waals surface area contributed by atoms with Crippen LogP contribution in [-0.2, 0) is 0 Å². The molecule has 112 valence electrons. The number of hydrogen-bond acceptors (Lipinski definition) is 3. The molecule has 2 N–H and O–H groups in total. The zero-order valence-electron chi connectivity index (χ0n) is 12.4. The van der Waals surface area contributed by atoms with E-state index in [-0.39, 0.29) is 17.4 Å². The van der Waals surface area contributed by atoms with Crippen LogP contribution in [0.5, 0.6) is 0 Å². The molecule has 1 aromatic rings. The van der Waals surface area contributed by atoms with Crippen LogP contribution in [0.25, 0.3) is 0 Å². The van der Waals surface area contributed by atoms with Gasteiger partial charge in [0.05, 0.1) is 6.04 Å². The number of halogens is 2. The molecule has 1 aromatic carbocycles. The Labute approximate surface area is 129 Å². The van der Waals surface area contributed by atoms with E-state index in [1.807, 2.05) is 12.1 Å². The van der Waals surface area contributed by atoms with Crippen LogP contribution in [0.4, 0.5) is 4.39 Å². The van der Waals surface area contributed by atoms with Gasteiger partial charge < -0.3 is 5.73 Å². The fourth-order valence-corrected chi connectivity index (χ4v) is 3.12. The Balaban J connectivity index is 2.24. The van der Waals surface area contributed by atoms with Gasteiger partial charge in [-0.15, -0.1) is 0 Å². The fraction of sp³-hybridized carbons (Fsp3) is 0.600. The molecule has 20 heavy (non-hydrogen) atoms. The number of nitrogens with zero attached hydrogens (tertiary/aromatic N) is 2. The number of benzene rings is 1. The van der Waals surface area contributed by atoms with Gasteiger partial charge >= 0.3 is 0 Å². The molecule has 1 heterocycles. The topological polar surface area (TPSA) is 32.5 Å². The van der Waals surface area contributed by atoms with Crippen molar-refractivity contribution in [2.24, 2.45) is 5.73 Å². The summed E-state index contributed by atoms with van der Waals surface area (Å²) in [5, 5.41) is 0. The molecule has 0 amide bonds. The highest BCUT2D eigenvalue weighted by atomic mass is 79.9. The molecule has 2 rings (SSSR count). The second kappa shape index (κ2) is 6.10. The van der Waals surface area contributed by atoms with Gasteiger partial charge in [-0.1, -0.05) is 22.0 Å². The maximum atomic E-state index is 14.2. The van der Waals surface area contributed by atoms with Crippen molar-refractivity contribution >= 4 is 15.9 Å². The third kappa shape index (κ3) is 3.22. The van der Waals surface area contributed by atoms with Crippen molar-refractivity contribution in [3.8, 4) is 0 Å². The van der Waals surface area contributed by atoms with Gasteiger partial charge in [0.15, 0.2) is 0 Å². The largest absolute Gasteiger partial charge is 0.329 e. The summed E-state index contributed by atoms with van der Waals surface area (Å²) in [7, 11) is 2.13. The lowest BCUT2D eigenvalue weighted by atomic mass is 9.96. The van der Waals surface area contributed by atoms with E-state index >= 15 is 0 Å². The highest BCUT2D eigenvalue weighted by molar-refractivity contribution is 9.10. The van der Waals surface area contributed by atoms with Crippen molar-refractivity contribution in [1.29, 1.82) is 0 Å². The Kier molecular flexibility index (Phi) is 4.84. The molecule has 0 spiro atoms. The van der Waals surface area contributed by atoms with Crippen LogP contribution in [0.3, 0.4) is 0 Å². The van der Waals surface area contributed by atoms with Gasteiger partial charge in [0.2, 0.25) is 0 Å². The number of rotatable bonds is 3. The van der Waals surface area contributed by atoms with Crippen LogP contribution in [0.15, 0.2) is 22.7 Å². The normalized spacial score (nSPS) is 21.9. The summed E-state index contributed by atoms with van der Waals surface area (Å²) in [4.78, 5) is 4.64. The molecule has 0 aromatic heterocycles. The highest BCUT2D eigenvalue weighted by Crippen LogP contribution is 2.29. The zero-order valence-corrected chi connectivity index (χ0v) is 14.0. The van der Waals surface area contributed by atoms with E-state index in [2.05, 4.69) is 46.6 Å². The third-order valence-electron chi connectivity index (χ3n) is 4.33. The SMILES string of the molecule is CN1CCN(C(CN)c2ccc(Br)cc2F)CC1(C)C. The van der Waals surface area contributed by atoms with E-state index in [0.717, 1.165) is 24.1 Å². The second-order valence-corrected chi connectivity index (χ2v) is 7.04. The van der Waals surface area contributed by atoms with Crippen LogP contribution >= 0.6 is 15.9 Å². The third-order valence-corrected chi connectivity index (χ3v) is 4.82.